The van der Waals surface area contributed by atoms with E-state index in [-0.39, 0.29) is 10.6 Å². The van der Waals surface area contributed by atoms with Crippen LogP contribution in [0.1, 0.15) is 31.1 Å². The van der Waals surface area contributed by atoms with Gasteiger partial charge in [-0.3, -0.25) is 4.79 Å². The van der Waals surface area contributed by atoms with Crippen LogP contribution in [0.15, 0.2) is 42.5 Å². The largest absolute Gasteiger partial charge is 0.369 e. The molecule has 23 heavy (non-hydrogen) atoms. The second-order valence-electron chi connectivity index (χ2n) is 5.48. The number of halogens is 2. The van der Waals surface area contributed by atoms with Gasteiger partial charge < -0.3 is 10.2 Å². The molecule has 0 aliphatic rings. The quantitative estimate of drug-likeness (QED) is 0.837. The molecule has 2 aromatic rings. The smallest absolute Gasteiger partial charge is 0.260 e. The summed E-state index contributed by atoms with van der Waals surface area (Å²) in [5.74, 6) is -1.19. The van der Waals surface area contributed by atoms with Gasteiger partial charge in [-0.25, -0.2) is 4.39 Å². The molecular weight excluding hydrogens is 315 g/mol. The van der Waals surface area contributed by atoms with Gasteiger partial charge in [-0.05, 0) is 57.2 Å². The van der Waals surface area contributed by atoms with Crippen molar-refractivity contribution in [2.24, 2.45) is 0 Å². The summed E-state index contributed by atoms with van der Waals surface area (Å²) in [6.45, 7) is 7.24. The minimum absolute atomic E-state index is 0.0936. The molecule has 1 N–H and O–H groups in total. The van der Waals surface area contributed by atoms with E-state index in [0.29, 0.717) is 11.7 Å². The van der Waals surface area contributed by atoms with Crippen molar-refractivity contribution in [2.45, 2.75) is 26.8 Å². The van der Waals surface area contributed by atoms with Gasteiger partial charge in [0.05, 0.1) is 10.6 Å². The zero-order chi connectivity index (χ0) is 17.0. The minimum atomic E-state index is -0.636. The Hall–Kier alpha value is -2.07. The number of rotatable bonds is 5. The Bertz CT molecular complexity index is 666. The lowest BCUT2D eigenvalue weighted by atomic mass is 10.2. The molecule has 0 aliphatic carbocycles. The predicted octanol–water partition coefficient (Wildman–Crippen LogP) is 4.97. The molecule has 0 saturated carbocycles. The van der Waals surface area contributed by atoms with Crippen molar-refractivity contribution >= 4 is 28.9 Å². The first-order valence-corrected chi connectivity index (χ1v) is 7.94. The van der Waals surface area contributed by atoms with E-state index in [0.717, 1.165) is 12.2 Å². The Balaban J connectivity index is 2.16. The summed E-state index contributed by atoms with van der Waals surface area (Å²) < 4.78 is 13.8. The van der Waals surface area contributed by atoms with Crippen LogP contribution in [0.25, 0.3) is 0 Å². The second kappa shape index (κ2) is 7.47. The second-order valence-corrected chi connectivity index (χ2v) is 5.88. The van der Waals surface area contributed by atoms with Crippen LogP contribution in [0.5, 0.6) is 0 Å². The van der Waals surface area contributed by atoms with E-state index in [1.807, 2.05) is 12.1 Å². The number of nitrogens with zero attached hydrogens (tertiary/aromatic N) is 1. The van der Waals surface area contributed by atoms with Crippen LogP contribution in [0.3, 0.4) is 0 Å². The zero-order valence-corrected chi connectivity index (χ0v) is 14.2. The van der Waals surface area contributed by atoms with Crippen molar-refractivity contribution in [2.75, 3.05) is 16.8 Å². The standard InChI is InChI=1S/C18H20ClFN2O/c1-4-22(12(2)3)14-10-8-13(9-11-14)21-18(23)17-15(19)6-5-7-16(17)20/h5-12H,4H2,1-3H3,(H,21,23). The van der Waals surface area contributed by atoms with Gasteiger partial charge in [0, 0.05) is 24.0 Å². The highest BCUT2D eigenvalue weighted by atomic mass is 35.5. The molecule has 5 heteroatoms. The van der Waals surface area contributed by atoms with Gasteiger partial charge in [-0.2, -0.15) is 0 Å². The van der Waals surface area contributed by atoms with Gasteiger partial charge in [0.1, 0.15) is 5.82 Å². The predicted molar refractivity (Wildman–Crippen MR) is 94.0 cm³/mol. The van der Waals surface area contributed by atoms with Crippen LogP contribution in [-0.2, 0) is 0 Å². The Morgan fingerprint density at radius 2 is 1.87 bits per heavy atom. The summed E-state index contributed by atoms with van der Waals surface area (Å²) >= 11 is 5.90. The van der Waals surface area contributed by atoms with E-state index < -0.39 is 11.7 Å². The first kappa shape index (κ1) is 17.3. The Morgan fingerprint density at radius 3 is 2.39 bits per heavy atom. The van der Waals surface area contributed by atoms with Gasteiger partial charge in [-0.1, -0.05) is 17.7 Å². The Kier molecular flexibility index (Phi) is 5.61. The molecule has 0 unspecified atom stereocenters. The van der Waals surface area contributed by atoms with Crippen LogP contribution in [0, 0.1) is 5.82 Å². The van der Waals surface area contributed by atoms with E-state index in [4.69, 9.17) is 11.6 Å². The maximum absolute atomic E-state index is 13.8. The summed E-state index contributed by atoms with van der Waals surface area (Å²) in [6, 6.07) is 12.0. The third kappa shape index (κ3) is 4.02. The number of anilines is 2. The lowest BCUT2D eigenvalue weighted by Gasteiger charge is -2.27. The van der Waals surface area contributed by atoms with Crippen LogP contribution in [0.2, 0.25) is 5.02 Å². The highest BCUT2D eigenvalue weighted by molar-refractivity contribution is 6.34. The SMILES string of the molecule is CCN(c1ccc(NC(=O)c2c(F)cccc2Cl)cc1)C(C)C. The summed E-state index contributed by atoms with van der Waals surface area (Å²) in [4.78, 5) is 14.4. The molecule has 122 valence electrons. The molecule has 0 heterocycles. The van der Waals surface area contributed by atoms with Crippen molar-refractivity contribution < 1.29 is 9.18 Å². The topological polar surface area (TPSA) is 32.3 Å². The van der Waals surface area contributed by atoms with E-state index in [1.54, 1.807) is 12.1 Å². The maximum Gasteiger partial charge on any atom is 0.260 e. The molecule has 0 atom stereocenters. The zero-order valence-electron chi connectivity index (χ0n) is 13.4. The fourth-order valence-electron chi connectivity index (χ4n) is 2.49. The number of hydrogen-bond donors (Lipinski definition) is 1. The molecule has 0 spiro atoms. The molecule has 0 fully saturated rings. The number of amides is 1. The summed E-state index contributed by atoms with van der Waals surface area (Å²) in [7, 11) is 0. The van der Waals surface area contributed by atoms with E-state index in [2.05, 4.69) is 31.0 Å². The number of hydrogen-bond acceptors (Lipinski definition) is 2. The average molecular weight is 335 g/mol. The summed E-state index contributed by atoms with van der Waals surface area (Å²) in [6.07, 6.45) is 0. The summed E-state index contributed by atoms with van der Waals surface area (Å²) in [5, 5.41) is 2.76. The molecule has 3 nitrogen and oxygen atoms in total. The molecule has 2 rings (SSSR count). The van der Waals surface area contributed by atoms with Crippen molar-refractivity contribution in [1.29, 1.82) is 0 Å². The number of carbonyl (C=O) groups is 1. The lowest BCUT2D eigenvalue weighted by molar-refractivity contribution is 0.102. The molecule has 1 amide bonds. The van der Waals surface area contributed by atoms with Crippen LogP contribution in [0.4, 0.5) is 15.8 Å². The van der Waals surface area contributed by atoms with Crippen LogP contribution in [-0.4, -0.2) is 18.5 Å². The Morgan fingerprint density at radius 1 is 1.22 bits per heavy atom. The van der Waals surface area contributed by atoms with E-state index in [1.165, 1.54) is 18.2 Å². The lowest BCUT2D eigenvalue weighted by Crippen LogP contribution is -2.30. The third-order valence-electron chi connectivity index (χ3n) is 3.61. The molecule has 2 aromatic carbocycles. The monoisotopic (exact) mass is 334 g/mol. The highest BCUT2D eigenvalue weighted by Gasteiger charge is 2.16. The van der Waals surface area contributed by atoms with Gasteiger partial charge in [0.2, 0.25) is 0 Å². The molecule has 0 saturated heterocycles. The molecular formula is C18H20ClFN2O. The van der Waals surface area contributed by atoms with Crippen LogP contribution < -0.4 is 10.2 Å². The summed E-state index contributed by atoms with van der Waals surface area (Å²) in [5.41, 5.74) is 1.53. The Labute approximate surface area is 141 Å². The molecule has 0 bridgehead atoms. The van der Waals surface area contributed by atoms with Crippen molar-refractivity contribution in [3.05, 3.63) is 58.9 Å². The van der Waals surface area contributed by atoms with Gasteiger partial charge in [0.25, 0.3) is 5.91 Å². The first-order chi connectivity index (χ1) is 10.9. The highest BCUT2D eigenvalue weighted by Crippen LogP contribution is 2.23. The van der Waals surface area contributed by atoms with E-state index in [9.17, 15) is 9.18 Å². The van der Waals surface area contributed by atoms with Crippen molar-refractivity contribution in [1.82, 2.24) is 0 Å². The minimum Gasteiger partial charge on any atom is -0.369 e. The number of benzene rings is 2. The fraction of sp³-hybridized carbons (Fsp3) is 0.278. The molecule has 0 aromatic heterocycles. The van der Waals surface area contributed by atoms with Crippen molar-refractivity contribution in [3.8, 4) is 0 Å². The van der Waals surface area contributed by atoms with Gasteiger partial charge in [0.15, 0.2) is 0 Å². The van der Waals surface area contributed by atoms with E-state index >= 15 is 0 Å². The average Bonchev–Trinajstić information content (AvgIpc) is 2.49. The first-order valence-electron chi connectivity index (χ1n) is 7.56. The maximum atomic E-state index is 13.8. The van der Waals surface area contributed by atoms with Gasteiger partial charge >= 0.3 is 0 Å². The number of carbonyl (C=O) groups excluding carboxylic acids is 1. The fourth-order valence-corrected chi connectivity index (χ4v) is 2.74. The molecule has 0 radical (unpaired) electrons. The number of nitrogens with one attached hydrogen (secondary N) is 1. The third-order valence-corrected chi connectivity index (χ3v) is 3.93. The normalized spacial score (nSPS) is 10.7. The van der Waals surface area contributed by atoms with Crippen molar-refractivity contribution in [3.63, 3.8) is 0 Å². The van der Waals surface area contributed by atoms with Crippen LogP contribution >= 0.6 is 11.6 Å². The molecule has 0 aliphatic heterocycles. The van der Waals surface area contributed by atoms with Gasteiger partial charge in [-0.15, -0.1) is 0 Å².